The van der Waals surface area contributed by atoms with E-state index in [1.165, 1.54) is 0 Å². The molecule has 0 saturated heterocycles. The van der Waals surface area contributed by atoms with Crippen molar-refractivity contribution in [1.82, 2.24) is 14.5 Å². The molecule has 34 heavy (non-hydrogen) atoms. The van der Waals surface area contributed by atoms with Crippen molar-refractivity contribution in [2.24, 2.45) is 0 Å². The molecule has 0 N–H and O–H groups in total. The minimum atomic E-state index is -0.206. The van der Waals surface area contributed by atoms with Crippen LogP contribution in [0.15, 0.2) is 90.0 Å². The van der Waals surface area contributed by atoms with E-state index < -0.39 is 0 Å². The summed E-state index contributed by atoms with van der Waals surface area (Å²) < 4.78 is 7.43. The predicted molar refractivity (Wildman–Crippen MR) is 134 cm³/mol. The zero-order chi connectivity index (χ0) is 23.9. The third-order valence-corrected chi connectivity index (χ3v) is 5.45. The summed E-state index contributed by atoms with van der Waals surface area (Å²) >= 11 is 0. The van der Waals surface area contributed by atoms with Gasteiger partial charge in [0.15, 0.2) is 0 Å². The normalized spacial score (nSPS) is 10.8. The molecule has 0 spiro atoms. The molecule has 6 heteroatoms. The zero-order valence-corrected chi connectivity index (χ0v) is 19.3. The van der Waals surface area contributed by atoms with Crippen molar-refractivity contribution >= 4 is 0 Å². The van der Waals surface area contributed by atoms with Gasteiger partial charge in [-0.25, -0.2) is 0 Å². The lowest BCUT2D eigenvalue weighted by molar-refractivity contribution is 0.281. The standard InChI is InChI=1S/C28H26N4O2/c1-31(2)16-7-17-34-24-13-11-23(12-14-24)32-20-22(27-10-5-6-15-30-27)18-26(28(32)33)25-9-4-3-8-21(25)19-29/h3-6,8-15,18,20H,7,16-17H2,1-2H3. The third-order valence-electron chi connectivity index (χ3n) is 5.45. The van der Waals surface area contributed by atoms with Gasteiger partial charge in [-0.2, -0.15) is 5.26 Å². The molecule has 4 aromatic rings. The van der Waals surface area contributed by atoms with E-state index in [4.69, 9.17) is 4.74 Å². The highest BCUT2D eigenvalue weighted by Crippen LogP contribution is 2.26. The smallest absolute Gasteiger partial charge is 0.263 e. The molecule has 0 aliphatic rings. The van der Waals surface area contributed by atoms with E-state index in [-0.39, 0.29) is 5.56 Å². The highest BCUT2D eigenvalue weighted by molar-refractivity contribution is 5.74. The second kappa shape index (κ2) is 10.6. The second-order valence-electron chi connectivity index (χ2n) is 8.19. The van der Waals surface area contributed by atoms with Gasteiger partial charge >= 0.3 is 0 Å². The molecule has 0 radical (unpaired) electrons. The predicted octanol–water partition coefficient (Wildman–Crippen LogP) is 4.77. The van der Waals surface area contributed by atoms with Crippen LogP contribution in [0.4, 0.5) is 0 Å². The number of nitriles is 1. The zero-order valence-electron chi connectivity index (χ0n) is 19.3. The number of benzene rings is 2. The number of hydrogen-bond acceptors (Lipinski definition) is 5. The maximum atomic E-state index is 13.6. The summed E-state index contributed by atoms with van der Waals surface area (Å²) in [5.41, 5.74) is 3.53. The highest BCUT2D eigenvalue weighted by atomic mass is 16.5. The largest absolute Gasteiger partial charge is 0.494 e. The molecule has 0 aliphatic carbocycles. The Kier molecular flexibility index (Phi) is 7.16. The van der Waals surface area contributed by atoms with Gasteiger partial charge in [0.25, 0.3) is 5.56 Å². The summed E-state index contributed by atoms with van der Waals surface area (Å²) in [5.74, 6) is 0.756. The summed E-state index contributed by atoms with van der Waals surface area (Å²) in [5, 5.41) is 9.61. The van der Waals surface area contributed by atoms with Crippen LogP contribution in [0.2, 0.25) is 0 Å². The number of ether oxygens (including phenoxy) is 1. The van der Waals surface area contributed by atoms with Crippen LogP contribution >= 0.6 is 0 Å². The average molecular weight is 451 g/mol. The molecular formula is C28H26N4O2. The van der Waals surface area contributed by atoms with Crippen LogP contribution in [0.1, 0.15) is 12.0 Å². The van der Waals surface area contributed by atoms with Crippen LogP contribution in [0.5, 0.6) is 5.75 Å². The van der Waals surface area contributed by atoms with Crippen LogP contribution in [-0.4, -0.2) is 41.7 Å². The maximum Gasteiger partial charge on any atom is 0.263 e. The fourth-order valence-electron chi connectivity index (χ4n) is 3.73. The van der Waals surface area contributed by atoms with Crippen LogP contribution in [0.25, 0.3) is 28.1 Å². The van der Waals surface area contributed by atoms with Gasteiger partial charge in [0.1, 0.15) is 5.75 Å². The molecule has 0 atom stereocenters. The van der Waals surface area contributed by atoms with Gasteiger partial charge < -0.3 is 9.64 Å². The fourth-order valence-corrected chi connectivity index (χ4v) is 3.73. The third kappa shape index (κ3) is 5.22. The summed E-state index contributed by atoms with van der Waals surface area (Å²) in [7, 11) is 4.07. The van der Waals surface area contributed by atoms with Crippen LogP contribution in [0, 0.1) is 11.3 Å². The Bertz CT molecular complexity index is 1350. The Morgan fingerprint density at radius 3 is 2.47 bits per heavy atom. The van der Waals surface area contributed by atoms with Crippen LogP contribution < -0.4 is 10.3 Å². The molecule has 0 saturated carbocycles. The number of rotatable bonds is 8. The molecule has 0 bridgehead atoms. The first kappa shape index (κ1) is 23.0. The van der Waals surface area contributed by atoms with E-state index in [0.29, 0.717) is 29.0 Å². The van der Waals surface area contributed by atoms with E-state index in [2.05, 4.69) is 16.0 Å². The first-order valence-corrected chi connectivity index (χ1v) is 11.1. The molecule has 0 fully saturated rings. The van der Waals surface area contributed by atoms with Gasteiger partial charge in [-0.1, -0.05) is 24.3 Å². The number of aromatic nitrogens is 2. The fraction of sp³-hybridized carbons (Fsp3) is 0.179. The molecule has 0 unspecified atom stereocenters. The lowest BCUT2D eigenvalue weighted by Gasteiger charge is -2.14. The minimum absolute atomic E-state index is 0.206. The van der Waals surface area contributed by atoms with Gasteiger partial charge in [0, 0.05) is 41.3 Å². The highest BCUT2D eigenvalue weighted by Gasteiger charge is 2.15. The molecule has 0 amide bonds. The van der Waals surface area contributed by atoms with Crippen molar-refractivity contribution in [2.45, 2.75) is 6.42 Å². The second-order valence-corrected chi connectivity index (χ2v) is 8.19. The molecule has 2 heterocycles. The van der Waals surface area contributed by atoms with Crippen molar-refractivity contribution < 1.29 is 4.74 Å². The Labute approximate surface area is 199 Å². The monoisotopic (exact) mass is 450 g/mol. The van der Waals surface area contributed by atoms with Gasteiger partial charge in [-0.15, -0.1) is 0 Å². The molecule has 2 aromatic carbocycles. The van der Waals surface area contributed by atoms with E-state index in [9.17, 15) is 10.1 Å². The van der Waals surface area contributed by atoms with Gasteiger partial charge in [0.05, 0.1) is 23.9 Å². The summed E-state index contributed by atoms with van der Waals surface area (Å²) in [6.07, 6.45) is 4.44. The molecule has 170 valence electrons. The molecule has 2 aromatic heterocycles. The summed E-state index contributed by atoms with van der Waals surface area (Å²) in [4.78, 5) is 20.2. The molecular weight excluding hydrogens is 424 g/mol. The topological polar surface area (TPSA) is 71.2 Å². The van der Waals surface area contributed by atoms with Crippen LogP contribution in [0.3, 0.4) is 0 Å². The minimum Gasteiger partial charge on any atom is -0.494 e. The van der Waals surface area contributed by atoms with Gasteiger partial charge in [0.2, 0.25) is 0 Å². The first-order valence-electron chi connectivity index (χ1n) is 11.1. The molecule has 6 nitrogen and oxygen atoms in total. The van der Waals surface area contributed by atoms with Gasteiger partial charge in [-0.3, -0.25) is 14.3 Å². The van der Waals surface area contributed by atoms with Crippen molar-refractivity contribution in [1.29, 1.82) is 5.26 Å². The lowest BCUT2D eigenvalue weighted by Crippen LogP contribution is -2.20. The first-order chi connectivity index (χ1) is 16.6. The number of hydrogen-bond donors (Lipinski definition) is 0. The van der Waals surface area contributed by atoms with E-state index >= 15 is 0 Å². The van der Waals surface area contributed by atoms with E-state index in [1.54, 1.807) is 41.2 Å². The summed E-state index contributed by atoms with van der Waals surface area (Å²) in [6.45, 7) is 1.59. The Morgan fingerprint density at radius 1 is 1.00 bits per heavy atom. The van der Waals surface area contributed by atoms with Crippen molar-refractivity contribution in [3.63, 3.8) is 0 Å². The summed E-state index contributed by atoms with van der Waals surface area (Å²) in [6, 6.07) is 24.3. The van der Waals surface area contributed by atoms with E-state index in [0.717, 1.165) is 30.0 Å². The number of nitrogens with zero attached hydrogens (tertiary/aromatic N) is 4. The Morgan fingerprint density at radius 2 is 1.76 bits per heavy atom. The Hall–Kier alpha value is -4.21. The molecule has 4 rings (SSSR count). The van der Waals surface area contributed by atoms with Crippen molar-refractivity contribution in [3.05, 3.63) is 101 Å². The molecule has 0 aliphatic heterocycles. The van der Waals surface area contributed by atoms with E-state index in [1.807, 2.05) is 62.6 Å². The quantitative estimate of drug-likeness (QED) is 0.362. The number of pyridine rings is 2. The van der Waals surface area contributed by atoms with Crippen LogP contribution in [-0.2, 0) is 0 Å². The Balaban J connectivity index is 1.75. The van der Waals surface area contributed by atoms with Gasteiger partial charge in [-0.05, 0) is 69.0 Å². The van der Waals surface area contributed by atoms with Crippen molar-refractivity contribution in [3.8, 4) is 39.9 Å². The SMILES string of the molecule is CN(C)CCCOc1ccc(-n2cc(-c3ccccn3)cc(-c3ccccc3C#N)c2=O)cc1. The maximum absolute atomic E-state index is 13.6. The average Bonchev–Trinajstić information content (AvgIpc) is 2.87. The lowest BCUT2D eigenvalue weighted by atomic mass is 9.99. The van der Waals surface area contributed by atoms with Crippen molar-refractivity contribution in [2.75, 3.05) is 27.2 Å².